The maximum absolute atomic E-state index is 12.8. The summed E-state index contributed by atoms with van der Waals surface area (Å²) in [5, 5.41) is 11.2. The first-order valence-corrected chi connectivity index (χ1v) is 10.9. The quantitative estimate of drug-likeness (QED) is 0.460. The number of ether oxygens (including phenoxy) is 1. The van der Waals surface area contributed by atoms with Crippen LogP contribution in [0.3, 0.4) is 0 Å². The van der Waals surface area contributed by atoms with E-state index in [9.17, 15) is 18.0 Å². The van der Waals surface area contributed by atoms with Crippen molar-refractivity contribution < 1.29 is 22.7 Å². The Morgan fingerprint density at radius 3 is 2.56 bits per heavy atom. The molecule has 0 saturated heterocycles. The van der Waals surface area contributed by atoms with E-state index in [-0.39, 0.29) is 17.5 Å². The van der Waals surface area contributed by atoms with E-state index in [0.717, 1.165) is 30.3 Å². The molecule has 1 N–H and O–H groups in total. The molecule has 3 aromatic rings. The minimum absolute atomic E-state index is 0.0318. The Labute approximate surface area is 188 Å². The maximum Gasteiger partial charge on any atom is 0.416 e. The van der Waals surface area contributed by atoms with E-state index >= 15 is 0 Å². The van der Waals surface area contributed by atoms with E-state index in [1.165, 1.54) is 17.7 Å². The molecule has 1 amide bonds. The number of anilines is 1. The number of amides is 1. The van der Waals surface area contributed by atoms with E-state index in [1.54, 1.807) is 11.6 Å². The molecular formula is C22H23F3N4O2S. The van der Waals surface area contributed by atoms with Gasteiger partial charge in [-0.05, 0) is 49.2 Å². The topological polar surface area (TPSA) is 69.0 Å². The summed E-state index contributed by atoms with van der Waals surface area (Å²) in [6, 6.07) is 12.3. The summed E-state index contributed by atoms with van der Waals surface area (Å²) < 4.78 is 46.1. The van der Waals surface area contributed by atoms with Crippen LogP contribution >= 0.6 is 11.8 Å². The zero-order valence-electron chi connectivity index (χ0n) is 17.8. The third-order valence-corrected chi connectivity index (χ3v) is 5.70. The molecule has 0 aliphatic heterocycles. The van der Waals surface area contributed by atoms with Crippen LogP contribution < -0.4 is 10.1 Å². The Morgan fingerprint density at radius 2 is 1.91 bits per heavy atom. The standard InChI is InChI=1S/C22H23F3N4O2S/c1-4-15-8-10-18(11-9-15)31-14(2)20-27-28-21(29(20)3)32-13-19(30)26-17-7-5-6-16(12-17)22(23,24)25/h5-12,14H,4,13H2,1-3H3,(H,26,30)/t14-/m0/s1. The maximum atomic E-state index is 12.8. The number of nitrogens with zero attached hydrogens (tertiary/aromatic N) is 3. The number of carbonyl (C=O) groups excluding carboxylic acids is 1. The number of alkyl halides is 3. The number of rotatable bonds is 8. The van der Waals surface area contributed by atoms with Crippen LogP contribution in [0.1, 0.15) is 36.9 Å². The molecule has 6 nitrogen and oxygen atoms in total. The van der Waals surface area contributed by atoms with Crippen LogP contribution in [0.2, 0.25) is 0 Å². The van der Waals surface area contributed by atoms with Gasteiger partial charge in [0.1, 0.15) is 5.75 Å². The predicted molar refractivity (Wildman–Crippen MR) is 117 cm³/mol. The van der Waals surface area contributed by atoms with Crippen LogP contribution in [0.15, 0.2) is 53.7 Å². The highest BCUT2D eigenvalue weighted by atomic mass is 32.2. The molecule has 0 aliphatic carbocycles. The van der Waals surface area contributed by atoms with Crippen molar-refractivity contribution in [3.63, 3.8) is 0 Å². The van der Waals surface area contributed by atoms with E-state index in [0.29, 0.717) is 16.7 Å². The fourth-order valence-corrected chi connectivity index (χ4v) is 3.68. The number of carbonyl (C=O) groups is 1. The summed E-state index contributed by atoms with van der Waals surface area (Å²) >= 11 is 1.13. The lowest BCUT2D eigenvalue weighted by Gasteiger charge is -2.14. The van der Waals surface area contributed by atoms with Gasteiger partial charge in [-0.1, -0.05) is 36.9 Å². The van der Waals surface area contributed by atoms with Crippen LogP contribution in [0.25, 0.3) is 0 Å². The number of hydrogen-bond donors (Lipinski definition) is 1. The molecule has 3 rings (SSSR count). The number of nitrogens with one attached hydrogen (secondary N) is 1. The molecule has 32 heavy (non-hydrogen) atoms. The lowest BCUT2D eigenvalue weighted by molar-refractivity contribution is -0.137. The average Bonchev–Trinajstić information content (AvgIpc) is 3.13. The average molecular weight is 465 g/mol. The van der Waals surface area contributed by atoms with Crippen molar-refractivity contribution in [2.75, 3.05) is 11.1 Å². The Hall–Kier alpha value is -3.01. The van der Waals surface area contributed by atoms with Crippen molar-refractivity contribution >= 4 is 23.4 Å². The first kappa shape index (κ1) is 23.6. The normalized spacial score (nSPS) is 12.4. The van der Waals surface area contributed by atoms with Gasteiger partial charge >= 0.3 is 6.18 Å². The van der Waals surface area contributed by atoms with E-state index in [1.807, 2.05) is 31.2 Å². The van der Waals surface area contributed by atoms with E-state index in [2.05, 4.69) is 22.4 Å². The van der Waals surface area contributed by atoms with Crippen LogP contribution in [0.5, 0.6) is 5.75 Å². The molecule has 10 heteroatoms. The number of aryl methyl sites for hydroxylation is 1. The summed E-state index contributed by atoms with van der Waals surface area (Å²) in [6.07, 6.45) is -3.89. The van der Waals surface area contributed by atoms with Crippen molar-refractivity contribution in [3.05, 3.63) is 65.5 Å². The summed E-state index contributed by atoms with van der Waals surface area (Å²) in [4.78, 5) is 12.2. The molecule has 1 atom stereocenters. The Kier molecular flexibility index (Phi) is 7.44. The van der Waals surface area contributed by atoms with Gasteiger partial charge in [-0.25, -0.2) is 0 Å². The minimum atomic E-state index is -4.47. The SMILES string of the molecule is CCc1ccc(O[C@@H](C)c2nnc(SCC(=O)Nc3cccc(C(F)(F)F)c3)n2C)cc1. The van der Waals surface area contributed by atoms with Gasteiger partial charge in [-0.15, -0.1) is 10.2 Å². The highest BCUT2D eigenvalue weighted by Gasteiger charge is 2.30. The van der Waals surface area contributed by atoms with Gasteiger partial charge in [0.05, 0.1) is 11.3 Å². The van der Waals surface area contributed by atoms with Gasteiger partial charge in [-0.2, -0.15) is 13.2 Å². The highest BCUT2D eigenvalue weighted by molar-refractivity contribution is 7.99. The minimum Gasteiger partial charge on any atom is -0.483 e. The molecule has 0 fully saturated rings. The monoisotopic (exact) mass is 464 g/mol. The smallest absolute Gasteiger partial charge is 0.416 e. The van der Waals surface area contributed by atoms with Crippen molar-refractivity contribution in [1.82, 2.24) is 14.8 Å². The Balaban J connectivity index is 1.57. The van der Waals surface area contributed by atoms with Crippen LogP contribution in [0, 0.1) is 0 Å². The molecule has 2 aromatic carbocycles. The fourth-order valence-electron chi connectivity index (χ4n) is 2.97. The van der Waals surface area contributed by atoms with Gasteiger partial charge in [0.2, 0.25) is 5.91 Å². The summed E-state index contributed by atoms with van der Waals surface area (Å²) in [6.45, 7) is 3.93. The second kappa shape index (κ2) is 10.1. The molecule has 0 spiro atoms. The zero-order valence-corrected chi connectivity index (χ0v) is 18.6. The van der Waals surface area contributed by atoms with Crippen molar-refractivity contribution in [2.24, 2.45) is 7.05 Å². The third-order valence-electron chi connectivity index (χ3n) is 4.68. The van der Waals surface area contributed by atoms with Crippen LogP contribution in [-0.2, 0) is 24.4 Å². The molecule has 0 radical (unpaired) electrons. The van der Waals surface area contributed by atoms with Crippen molar-refractivity contribution in [2.45, 2.75) is 37.7 Å². The second-order valence-electron chi connectivity index (χ2n) is 7.07. The number of benzene rings is 2. The number of aromatic nitrogens is 3. The molecule has 0 saturated carbocycles. The lowest BCUT2D eigenvalue weighted by Crippen LogP contribution is -2.15. The van der Waals surface area contributed by atoms with Gasteiger partial charge in [-0.3, -0.25) is 4.79 Å². The van der Waals surface area contributed by atoms with Gasteiger partial charge in [0, 0.05) is 12.7 Å². The zero-order chi connectivity index (χ0) is 23.3. The van der Waals surface area contributed by atoms with Crippen molar-refractivity contribution in [3.8, 4) is 5.75 Å². The number of thioether (sulfide) groups is 1. The first-order chi connectivity index (χ1) is 15.2. The Morgan fingerprint density at radius 1 is 1.19 bits per heavy atom. The largest absolute Gasteiger partial charge is 0.483 e. The molecule has 170 valence electrons. The van der Waals surface area contributed by atoms with Gasteiger partial charge in [0.15, 0.2) is 17.1 Å². The predicted octanol–water partition coefficient (Wildman–Crippen LogP) is 5.27. The molecule has 0 aliphatic rings. The molecular weight excluding hydrogens is 441 g/mol. The molecule has 1 aromatic heterocycles. The van der Waals surface area contributed by atoms with Crippen molar-refractivity contribution in [1.29, 1.82) is 0 Å². The van der Waals surface area contributed by atoms with Gasteiger partial charge in [0.25, 0.3) is 0 Å². The molecule has 1 heterocycles. The molecule has 0 bridgehead atoms. The number of hydrogen-bond acceptors (Lipinski definition) is 5. The first-order valence-electron chi connectivity index (χ1n) is 9.92. The lowest BCUT2D eigenvalue weighted by atomic mass is 10.2. The van der Waals surface area contributed by atoms with E-state index in [4.69, 9.17) is 4.74 Å². The fraction of sp³-hybridized carbons (Fsp3) is 0.318. The highest BCUT2D eigenvalue weighted by Crippen LogP contribution is 2.31. The number of halogens is 3. The Bertz CT molecular complexity index is 1070. The van der Waals surface area contributed by atoms with Crippen LogP contribution in [-0.4, -0.2) is 26.4 Å². The summed E-state index contributed by atoms with van der Waals surface area (Å²) in [5.74, 6) is 0.826. The van der Waals surface area contributed by atoms with Crippen LogP contribution in [0.4, 0.5) is 18.9 Å². The summed E-state index contributed by atoms with van der Waals surface area (Å²) in [5.41, 5.74) is 0.477. The molecule has 0 unspecified atom stereocenters. The summed E-state index contributed by atoms with van der Waals surface area (Å²) in [7, 11) is 1.77. The second-order valence-corrected chi connectivity index (χ2v) is 8.02. The van der Waals surface area contributed by atoms with E-state index < -0.39 is 17.6 Å². The third kappa shape index (κ3) is 6.03. The van der Waals surface area contributed by atoms with Gasteiger partial charge < -0.3 is 14.6 Å².